The van der Waals surface area contributed by atoms with Crippen LogP contribution in [0, 0.1) is 5.92 Å². The molecule has 0 saturated heterocycles. The molecule has 2 aromatic rings. The van der Waals surface area contributed by atoms with Gasteiger partial charge in [0.25, 0.3) is 0 Å². The summed E-state index contributed by atoms with van der Waals surface area (Å²) in [5, 5.41) is 14.1. The maximum Gasteiger partial charge on any atom is 0.229 e. The summed E-state index contributed by atoms with van der Waals surface area (Å²) in [6, 6.07) is 14.8. The van der Waals surface area contributed by atoms with Crippen molar-refractivity contribution in [1.82, 2.24) is 0 Å². The lowest BCUT2D eigenvalue weighted by molar-refractivity contribution is -0.119. The summed E-state index contributed by atoms with van der Waals surface area (Å²) in [5.41, 5.74) is 2.52. The van der Waals surface area contributed by atoms with Crippen molar-refractivity contribution < 1.29 is 9.90 Å². The van der Waals surface area contributed by atoms with Crippen molar-refractivity contribution in [1.29, 1.82) is 0 Å². The van der Waals surface area contributed by atoms with Gasteiger partial charge < -0.3 is 15.3 Å². The van der Waals surface area contributed by atoms with Crippen LogP contribution >= 0.6 is 11.6 Å². The smallest absolute Gasteiger partial charge is 0.229 e. The summed E-state index contributed by atoms with van der Waals surface area (Å²) in [7, 11) is 0. The molecule has 2 aromatic carbocycles. The fraction of sp³-hybridized carbons (Fsp3) is 0.278. The first kappa shape index (κ1) is 15.8. The second-order valence-electron chi connectivity index (χ2n) is 5.88. The Morgan fingerprint density at radius 1 is 1.26 bits per heavy atom. The molecule has 4 nitrogen and oxygen atoms in total. The van der Waals surface area contributed by atoms with E-state index in [1.165, 1.54) is 0 Å². The van der Waals surface area contributed by atoms with Crippen LogP contribution in [0.15, 0.2) is 48.5 Å². The number of rotatable bonds is 3. The predicted octanol–water partition coefficient (Wildman–Crippen LogP) is 3.47. The van der Waals surface area contributed by atoms with Gasteiger partial charge in [-0.2, -0.15) is 0 Å². The van der Waals surface area contributed by atoms with E-state index in [2.05, 4.69) is 10.2 Å². The van der Waals surface area contributed by atoms with Crippen molar-refractivity contribution in [3.63, 3.8) is 0 Å². The number of nitrogens with zero attached hydrogens (tertiary/aromatic N) is 1. The summed E-state index contributed by atoms with van der Waals surface area (Å²) in [4.78, 5) is 14.2. The first-order valence-corrected chi connectivity index (χ1v) is 8.01. The lowest BCUT2D eigenvalue weighted by Gasteiger charge is -2.28. The Morgan fingerprint density at radius 2 is 1.96 bits per heavy atom. The highest BCUT2D eigenvalue weighted by Gasteiger charge is 2.26. The number of hydrogen-bond acceptors (Lipinski definition) is 3. The van der Waals surface area contributed by atoms with E-state index in [1.807, 2.05) is 43.3 Å². The number of nitrogens with one attached hydrogen (secondary N) is 1. The number of carbonyl (C=O) groups excluding carboxylic acids is 1. The molecule has 23 heavy (non-hydrogen) atoms. The van der Waals surface area contributed by atoms with Crippen molar-refractivity contribution in [2.45, 2.75) is 13.0 Å². The normalized spacial score (nSPS) is 18.8. The van der Waals surface area contributed by atoms with Crippen LogP contribution in [-0.2, 0) is 4.79 Å². The van der Waals surface area contributed by atoms with Gasteiger partial charge in [-0.25, -0.2) is 0 Å². The zero-order chi connectivity index (χ0) is 16.4. The topological polar surface area (TPSA) is 52.6 Å². The second-order valence-corrected chi connectivity index (χ2v) is 6.32. The Labute approximate surface area is 140 Å². The van der Waals surface area contributed by atoms with Gasteiger partial charge in [0.2, 0.25) is 5.91 Å². The average Bonchev–Trinajstić information content (AvgIpc) is 2.65. The monoisotopic (exact) mass is 330 g/mol. The van der Waals surface area contributed by atoms with Crippen molar-refractivity contribution in [3.05, 3.63) is 59.1 Å². The largest absolute Gasteiger partial charge is 0.387 e. The van der Waals surface area contributed by atoms with Crippen LogP contribution in [0.25, 0.3) is 0 Å². The minimum atomic E-state index is -0.652. The lowest BCUT2D eigenvalue weighted by atomic mass is 10.1. The van der Waals surface area contributed by atoms with E-state index in [1.54, 1.807) is 12.1 Å². The Hall–Kier alpha value is -2.04. The molecular weight excluding hydrogens is 312 g/mol. The van der Waals surface area contributed by atoms with Gasteiger partial charge in [0.1, 0.15) is 0 Å². The molecule has 1 amide bonds. The number of hydrogen-bond donors (Lipinski definition) is 2. The highest BCUT2D eigenvalue weighted by molar-refractivity contribution is 6.30. The molecule has 0 saturated carbocycles. The van der Waals surface area contributed by atoms with Crippen molar-refractivity contribution in [2.75, 3.05) is 23.3 Å². The number of fused-ring (bicyclic) bond motifs is 1. The number of carbonyl (C=O) groups is 1. The van der Waals surface area contributed by atoms with Crippen LogP contribution in [0.4, 0.5) is 11.4 Å². The first-order chi connectivity index (χ1) is 11.0. The van der Waals surface area contributed by atoms with Crippen molar-refractivity contribution in [2.24, 2.45) is 5.92 Å². The van der Waals surface area contributed by atoms with E-state index in [-0.39, 0.29) is 11.8 Å². The van der Waals surface area contributed by atoms with E-state index >= 15 is 0 Å². The number of para-hydroxylation sites is 2. The molecule has 1 aliphatic rings. The van der Waals surface area contributed by atoms with Gasteiger partial charge in [-0.15, -0.1) is 0 Å². The molecule has 0 aliphatic carbocycles. The van der Waals surface area contributed by atoms with Crippen LogP contribution in [0.1, 0.15) is 18.6 Å². The summed E-state index contributed by atoms with van der Waals surface area (Å²) < 4.78 is 0. The number of halogens is 1. The zero-order valence-corrected chi connectivity index (χ0v) is 13.6. The minimum Gasteiger partial charge on any atom is -0.387 e. The average molecular weight is 331 g/mol. The molecule has 0 radical (unpaired) electrons. The Morgan fingerprint density at radius 3 is 2.70 bits per heavy atom. The quantitative estimate of drug-likeness (QED) is 0.906. The maximum atomic E-state index is 12.1. The summed E-state index contributed by atoms with van der Waals surface area (Å²) in [6.45, 7) is 2.87. The van der Waals surface area contributed by atoms with E-state index in [0.29, 0.717) is 18.1 Å². The maximum absolute atomic E-state index is 12.1. The third-order valence-corrected chi connectivity index (χ3v) is 4.34. The molecule has 2 atom stereocenters. The number of aliphatic hydroxyl groups excluding tert-OH is 1. The molecule has 2 unspecified atom stereocenters. The Balaban J connectivity index is 1.86. The third kappa shape index (κ3) is 3.49. The van der Waals surface area contributed by atoms with Crippen LogP contribution < -0.4 is 10.2 Å². The molecule has 0 fully saturated rings. The second kappa shape index (κ2) is 6.60. The van der Waals surface area contributed by atoms with Crippen molar-refractivity contribution in [3.8, 4) is 0 Å². The van der Waals surface area contributed by atoms with E-state index < -0.39 is 6.10 Å². The SMILES string of the molecule is CC1CN(CC(O)c2ccc(Cl)cc2)c2ccccc2NC1=O. The standard InChI is InChI=1S/C18H19ClN2O2/c1-12-10-21(11-17(22)13-6-8-14(19)9-7-13)16-5-3-2-4-15(16)20-18(12)23/h2-9,12,17,22H,10-11H2,1H3,(H,20,23). The highest BCUT2D eigenvalue weighted by atomic mass is 35.5. The van der Waals surface area contributed by atoms with Crippen LogP contribution in [0.5, 0.6) is 0 Å². The van der Waals surface area contributed by atoms with E-state index in [4.69, 9.17) is 11.6 Å². The Kier molecular flexibility index (Phi) is 4.55. The lowest BCUT2D eigenvalue weighted by Crippen LogP contribution is -2.34. The van der Waals surface area contributed by atoms with Crippen LogP contribution in [0.3, 0.4) is 0 Å². The van der Waals surface area contributed by atoms with Gasteiger partial charge in [-0.1, -0.05) is 42.8 Å². The number of anilines is 2. The van der Waals surface area contributed by atoms with Gasteiger partial charge >= 0.3 is 0 Å². The van der Waals surface area contributed by atoms with E-state index in [9.17, 15) is 9.90 Å². The number of aliphatic hydroxyl groups is 1. The first-order valence-electron chi connectivity index (χ1n) is 7.63. The van der Waals surface area contributed by atoms with Gasteiger partial charge in [-0.05, 0) is 29.8 Å². The molecular formula is C18H19ClN2O2. The number of β-amino-alcohol motifs (C(OH)–C–C–N with tert-alkyl or cyclic N) is 1. The molecule has 0 aromatic heterocycles. The molecule has 0 bridgehead atoms. The van der Waals surface area contributed by atoms with E-state index in [0.717, 1.165) is 16.9 Å². The summed E-state index contributed by atoms with van der Waals surface area (Å²) in [5.74, 6) is -0.152. The summed E-state index contributed by atoms with van der Waals surface area (Å²) >= 11 is 5.89. The van der Waals surface area contributed by atoms with Crippen LogP contribution in [0.2, 0.25) is 5.02 Å². The van der Waals surface area contributed by atoms with Crippen molar-refractivity contribution >= 4 is 28.9 Å². The van der Waals surface area contributed by atoms with Gasteiger partial charge in [0.05, 0.1) is 23.4 Å². The molecule has 0 spiro atoms. The minimum absolute atomic E-state index is 0.000864. The van der Waals surface area contributed by atoms with Gasteiger partial charge in [0.15, 0.2) is 0 Å². The molecule has 5 heteroatoms. The highest BCUT2D eigenvalue weighted by Crippen LogP contribution is 2.31. The predicted molar refractivity (Wildman–Crippen MR) is 92.9 cm³/mol. The molecule has 1 heterocycles. The van der Waals surface area contributed by atoms with Gasteiger partial charge in [0, 0.05) is 18.1 Å². The third-order valence-electron chi connectivity index (χ3n) is 4.09. The van der Waals surface area contributed by atoms with Crippen LogP contribution in [-0.4, -0.2) is 24.1 Å². The molecule has 2 N–H and O–H groups in total. The zero-order valence-electron chi connectivity index (χ0n) is 12.9. The van der Waals surface area contributed by atoms with Gasteiger partial charge in [-0.3, -0.25) is 4.79 Å². The fourth-order valence-electron chi connectivity index (χ4n) is 2.79. The molecule has 120 valence electrons. The number of benzene rings is 2. The Bertz CT molecular complexity index is 702. The summed E-state index contributed by atoms with van der Waals surface area (Å²) in [6.07, 6.45) is -0.652. The molecule has 3 rings (SSSR count). The fourth-order valence-corrected chi connectivity index (χ4v) is 2.92. The number of amides is 1. The molecule has 1 aliphatic heterocycles.